The van der Waals surface area contributed by atoms with E-state index in [9.17, 15) is 4.79 Å². The lowest BCUT2D eigenvalue weighted by atomic mass is 9.83. The Morgan fingerprint density at radius 3 is 2.44 bits per heavy atom. The second kappa shape index (κ2) is 7.16. The van der Waals surface area contributed by atoms with Gasteiger partial charge in [0.15, 0.2) is 12.4 Å². The molecule has 2 aromatic carbocycles. The van der Waals surface area contributed by atoms with Crippen molar-refractivity contribution in [2.75, 3.05) is 11.9 Å². The number of halogens is 1. The van der Waals surface area contributed by atoms with Crippen LogP contribution < -0.4 is 21.9 Å². The number of fused-ring (bicyclic) bond motifs is 2. The zero-order valence-electron chi connectivity index (χ0n) is 15.8. The Balaban J connectivity index is 0.00000210. The lowest BCUT2D eigenvalue weighted by Gasteiger charge is -2.23. The van der Waals surface area contributed by atoms with Gasteiger partial charge in [-0.25, -0.2) is 0 Å². The largest absolute Gasteiger partial charge is 1.00 e. The summed E-state index contributed by atoms with van der Waals surface area (Å²) in [6.07, 6.45) is 5.81. The first-order valence-corrected chi connectivity index (χ1v) is 8.93. The molecule has 2 heterocycles. The molecule has 4 heteroatoms. The molecule has 27 heavy (non-hydrogen) atoms. The molecular weight excluding hydrogens is 356 g/mol. The molecule has 0 aliphatic carbocycles. The van der Waals surface area contributed by atoms with Crippen molar-refractivity contribution < 1.29 is 21.8 Å². The van der Waals surface area contributed by atoms with Crippen molar-refractivity contribution in [3.63, 3.8) is 0 Å². The number of ketones is 1. The standard InChI is InChI=1S/C23H23N2O.ClH/c1-23(2)20-10-6-7-11-21(20)24(3)22(23)14-19(26)16-25-13-12-17-8-4-5-9-18(17)15-25;/h4-15H,16H2,1-3H3;1H/q+1;/p-1/b22-14-;. The number of aromatic nitrogens is 1. The molecule has 0 radical (unpaired) electrons. The fourth-order valence-corrected chi connectivity index (χ4v) is 3.91. The van der Waals surface area contributed by atoms with E-state index in [1.54, 1.807) is 0 Å². The predicted molar refractivity (Wildman–Crippen MR) is 105 cm³/mol. The van der Waals surface area contributed by atoms with Crippen LogP contribution in [-0.4, -0.2) is 12.8 Å². The lowest BCUT2D eigenvalue weighted by molar-refractivity contribution is -0.682. The van der Waals surface area contributed by atoms with Gasteiger partial charge in [-0.1, -0.05) is 50.2 Å². The highest BCUT2D eigenvalue weighted by Gasteiger charge is 2.38. The summed E-state index contributed by atoms with van der Waals surface area (Å²) >= 11 is 0. The van der Waals surface area contributed by atoms with Gasteiger partial charge >= 0.3 is 0 Å². The van der Waals surface area contributed by atoms with Crippen molar-refractivity contribution in [1.29, 1.82) is 0 Å². The van der Waals surface area contributed by atoms with Gasteiger partial charge in [0, 0.05) is 41.4 Å². The van der Waals surface area contributed by atoms with E-state index in [2.05, 4.69) is 55.1 Å². The Kier molecular flexibility index (Phi) is 5.07. The third-order valence-electron chi connectivity index (χ3n) is 5.32. The molecule has 138 valence electrons. The van der Waals surface area contributed by atoms with Gasteiger partial charge in [-0.15, -0.1) is 0 Å². The van der Waals surface area contributed by atoms with Crippen LogP contribution in [0.25, 0.3) is 10.8 Å². The van der Waals surface area contributed by atoms with E-state index >= 15 is 0 Å². The summed E-state index contributed by atoms with van der Waals surface area (Å²) in [6, 6.07) is 18.6. The molecular formula is C23H23ClN2O. The average Bonchev–Trinajstić information content (AvgIpc) is 2.83. The Morgan fingerprint density at radius 2 is 1.70 bits per heavy atom. The van der Waals surface area contributed by atoms with E-state index < -0.39 is 0 Å². The maximum absolute atomic E-state index is 12.8. The van der Waals surface area contributed by atoms with Crippen LogP contribution in [0, 0.1) is 0 Å². The van der Waals surface area contributed by atoms with Crippen LogP contribution in [0.4, 0.5) is 5.69 Å². The van der Waals surface area contributed by atoms with Gasteiger partial charge < -0.3 is 17.3 Å². The fourth-order valence-electron chi connectivity index (χ4n) is 3.91. The number of anilines is 1. The fraction of sp³-hybridized carbons (Fsp3) is 0.217. The zero-order chi connectivity index (χ0) is 18.3. The predicted octanol–water partition coefficient (Wildman–Crippen LogP) is 1.01. The van der Waals surface area contributed by atoms with Crippen molar-refractivity contribution in [2.45, 2.75) is 25.8 Å². The lowest BCUT2D eigenvalue weighted by Crippen LogP contribution is -3.00. The van der Waals surface area contributed by atoms with Gasteiger partial charge in [0.25, 0.3) is 0 Å². The summed E-state index contributed by atoms with van der Waals surface area (Å²) in [4.78, 5) is 14.9. The molecule has 1 aromatic heterocycles. The summed E-state index contributed by atoms with van der Waals surface area (Å²) in [5, 5.41) is 2.32. The van der Waals surface area contributed by atoms with Crippen molar-refractivity contribution in [2.24, 2.45) is 0 Å². The van der Waals surface area contributed by atoms with Crippen LogP contribution in [0.5, 0.6) is 0 Å². The van der Waals surface area contributed by atoms with E-state index in [0.29, 0.717) is 6.54 Å². The summed E-state index contributed by atoms with van der Waals surface area (Å²) in [5.74, 6) is 0.105. The quantitative estimate of drug-likeness (QED) is 0.502. The van der Waals surface area contributed by atoms with Crippen molar-refractivity contribution in [1.82, 2.24) is 0 Å². The molecule has 0 amide bonds. The number of rotatable bonds is 3. The second-order valence-corrected chi connectivity index (χ2v) is 7.44. The Morgan fingerprint density at radius 1 is 1.04 bits per heavy atom. The number of para-hydroxylation sites is 1. The summed E-state index contributed by atoms with van der Waals surface area (Å²) in [7, 11) is 2.04. The molecule has 0 saturated carbocycles. The van der Waals surface area contributed by atoms with Crippen LogP contribution >= 0.6 is 0 Å². The van der Waals surface area contributed by atoms with Crippen LogP contribution in [0.2, 0.25) is 0 Å². The van der Waals surface area contributed by atoms with Crippen LogP contribution in [-0.2, 0) is 16.8 Å². The molecule has 0 atom stereocenters. The summed E-state index contributed by atoms with van der Waals surface area (Å²) < 4.78 is 1.96. The number of benzene rings is 2. The topological polar surface area (TPSA) is 24.2 Å². The summed E-state index contributed by atoms with van der Waals surface area (Å²) in [6.45, 7) is 4.70. The monoisotopic (exact) mass is 378 g/mol. The number of nitrogens with zero attached hydrogens (tertiary/aromatic N) is 2. The van der Waals surface area contributed by atoms with Gasteiger partial charge in [-0.05, 0) is 23.1 Å². The molecule has 1 aliphatic heterocycles. The van der Waals surface area contributed by atoms with E-state index in [1.165, 1.54) is 16.6 Å². The number of hydrogen-bond donors (Lipinski definition) is 0. The van der Waals surface area contributed by atoms with Gasteiger partial charge in [0.05, 0.1) is 0 Å². The highest BCUT2D eigenvalue weighted by Crippen LogP contribution is 2.46. The minimum absolute atomic E-state index is 0. The molecule has 3 nitrogen and oxygen atoms in total. The first-order valence-electron chi connectivity index (χ1n) is 8.93. The number of carbonyl (C=O) groups excluding carboxylic acids is 1. The second-order valence-electron chi connectivity index (χ2n) is 7.44. The molecule has 0 bridgehead atoms. The first-order chi connectivity index (χ1) is 12.5. The first kappa shape index (κ1) is 19.1. The Hall–Kier alpha value is -2.65. The minimum Gasteiger partial charge on any atom is -1.00 e. The normalized spacial score (nSPS) is 16.3. The smallest absolute Gasteiger partial charge is 0.222 e. The van der Waals surface area contributed by atoms with Crippen molar-refractivity contribution in [3.8, 4) is 0 Å². The molecule has 0 unspecified atom stereocenters. The minimum atomic E-state index is -0.172. The van der Waals surface area contributed by atoms with E-state index in [-0.39, 0.29) is 23.6 Å². The summed E-state index contributed by atoms with van der Waals surface area (Å²) in [5.41, 5.74) is 3.31. The number of likely N-dealkylation sites (N-methyl/N-ethyl adjacent to an activating group) is 1. The van der Waals surface area contributed by atoms with Gasteiger partial charge in [0.2, 0.25) is 12.3 Å². The molecule has 0 fully saturated rings. The Labute approximate surface area is 166 Å². The molecule has 0 spiro atoms. The average molecular weight is 379 g/mol. The van der Waals surface area contributed by atoms with Gasteiger partial charge in [0.1, 0.15) is 0 Å². The van der Waals surface area contributed by atoms with E-state index in [0.717, 1.165) is 11.1 Å². The highest BCUT2D eigenvalue weighted by atomic mass is 35.5. The zero-order valence-corrected chi connectivity index (χ0v) is 16.6. The number of pyridine rings is 1. The van der Waals surface area contributed by atoms with Crippen molar-refractivity contribution >= 4 is 22.2 Å². The van der Waals surface area contributed by atoms with E-state index in [4.69, 9.17) is 0 Å². The maximum Gasteiger partial charge on any atom is 0.222 e. The molecule has 4 rings (SSSR count). The molecule has 0 saturated heterocycles. The Bertz CT molecular complexity index is 1040. The SMILES string of the molecule is CN1/C(=C\C(=O)C[n+]2ccc3ccccc3c2)C(C)(C)c2ccccc21.[Cl-]. The third-order valence-corrected chi connectivity index (χ3v) is 5.32. The molecule has 0 N–H and O–H groups in total. The van der Waals surface area contributed by atoms with Crippen molar-refractivity contribution in [3.05, 3.63) is 84.3 Å². The van der Waals surface area contributed by atoms with Gasteiger partial charge in [-0.2, -0.15) is 4.57 Å². The number of hydrogen-bond acceptors (Lipinski definition) is 2. The molecule has 1 aliphatic rings. The molecule has 3 aromatic rings. The van der Waals surface area contributed by atoms with Crippen LogP contribution in [0.15, 0.2) is 78.8 Å². The third kappa shape index (κ3) is 3.35. The van der Waals surface area contributed by atoms with Gasteiger partial charge in [-0.3, -0.25) is 4.79 Å². The highest BCUT2D eigenvalue weighted by molar-refractivity contribution is 5.91. The van der Waals surface area contributed by atoms with Crippen LogP contribution in [0.1, 0.15) is 19.4 Å². The van der Waals surface area contributed by atoms with Crippen LogP contribution in [0.3, 0.4) is 0 Å². The number of allylic oxidation sites excluding steroid dienone is 2. The van der Waals surface area contributed by atoms with E-state index in [1.807, 2.05) is 48.3 Å². The number of carbonyl (C=O) groups is 1. The maximum atomic E-state index is 12.8.